The highest BCUT2D eigenvalue weighted by Gasteiger charge is 2.18. The number of fused-ring (bicyclic) bond motifs is 1. The van der Waals surface area contributed by atoms with Crippen LogP contribution in [0.2, 0.25) is 0 Å². The molecule has 8 heteroatoms. The minimum Gasteiger partial charge on any atom is -0.328 e. The Labute approximate surface area is 146 Å². The summed E-state index contributed by atoms with van der Waals surface area (Å²) in [4.78, 5) is 6.84. The summed E-state index contributed by atoms with van der Waals surface area (Å²) in [6, 6.07) is 6.26. The smallest absolute Gasteiger partial charge is 0.159 e. The van der Waals surface area contributed by atoms with Gasteiger partial charge in [0.25, 0.3) is 0 Å². The molecule has 0 spiro atoms. The maximum atomic E-state index is 6.01. The van der Waals surface area contributed by atoms with Gasteiger partial charge in [-0.1, -0.05) is 0 Å². The summed E-state index contributed by atoms with van der Waals surface area (Å²) in [6.07, 6.45) is 5.60. The van der Waals surface area contributed by atoms with Gasteiger partial charge in [0.2, 0.25) is 0 Å². The second-order valence-corrected chi connectivity index (χ2v) is 6.54. The van der Waals surface area contributed by atoms with Crippen LogP contribution in [0.15, 0.2) is 30.7 Å². The second-order valence-electron chi connectivity index (χ2n) is 6.54. The monoisotopic (exact) mass is 338 g/mol. The third kappa shape index (κ3) is 3.45. The van der Waals surface area contributed by atoms with E-state index in [4.69, 9.17) is 5.73 Å². The zero-order chi connectivity index (χ0) is 17.2. The van der Waals surface area contributed by atoms with Crippen molar-refractivity contribution >= 4 is 17.2 Å². The van der Waals surface area contributed by atoms with Gasteiger partial charge in [-0.15, -0.1) is 5.10 Å². The quantitative estimate of drug-likeness (QED) is 0.744. The van der Waals surface area contributed by atoms with Gasteiger partial charge in [0, 0.05) is 18.8 Å². The van der Waals surface area contributed by atoms with E-state index in [0.717, 1.165) is 49.5 Å². The van der Waals surface area contributed by atoms with Gasteiger partial charge in [-0.3, -0.25) is 4.90 Å². The number of piperidine rings is 1. The van der Waals surface area contributed by atoms with Crippen molar-refractivity contribution in [2.45, 2.75) is 32.4 Å². The molecule has 130 valence electrons. The molecule has 1 aliphatic heterocycles. The maximum absolute atomic E-state index is 6.01. The molecule has 3 N–H and O–H groups in total. The van der Waals surface area contributed by atoms with Crippen molar-refractivity contribution in [1.82, 2.24) is 29.7 Å². The predicted octanol–water partition coefficient (Wildman–Crippen LogP) is 1.49. The summed E-state index contributed by atoms with van der Waals surface area (Å²) < 4.78 is 1.85. The molecular formula is C17H22N8. The van der Waals surface area contributed by atoms with Crippen LogP contribution >= 0.6 is 0 Å². The number of nitrogens with two attached hydrogens (primary N) is 1. The molecule has 25 heavy (non-hydrogen) atoms. The van der Waals surface area contributed by atoms with Crippen LogP contribution in [0.1, 0.15) is 24.1 Å². The van der Waals surface area contributed by atoms with Crippen LogP contribution < -0.4 is 11.1 Å². The summed E-state index contributed by atoms with van der Waals surface area (Å²) in [6.45, 7) is 4.83. The number of rotatable bonds is 4. The molecule has 0 atom stereocenters. The molecule has 4 heterocycles. The first-order valence-corrected chi connectivity index (χ1v) is 8.55. The van der Waals surface area contributed by atoms with Gasteiger partial charge >= 0.3 is 0 Å². The van der Waals surface area contributed by atoms with E-state index < -0.39 is 0 Å². The molecule has 1 aliphatic rings. The Morgan fingerprint density at radius 2 is 2.04 bits per heavy atom. The van der Waals surface area contributed by atoms with Crippen LogP contribution in [0.4, 0.5) is 11.6 Å². The molecule has 3 aromatic heterocycles. The molecule has 0 bridgehead atoms. The van der Waals surface area contributed by atoms with Gasteiger partial charge < -0.3 is 11.1 Å². The van der Waals surface area contributed by atoms with E-state index in [-0.39, 0.29) is 0 Å². The number of anilines is 2. The van der Waals surface area contributed by atoms with Crippen molar-refractivity contribution < 1.29 is 0 Å². The highest BCUT2D eigenvalue weighted by Crippen LogP contribution is 2.24. The van der Waals surface area contributed by atoms with Gasteiger partial charge in [0.1, 0.15) is 11.8 Å². The molecule has 3 aromatic rings. The first-order chi connectivity index (χ1) is 12.2. The van der Waals surface area contributed by atoms with Crippen molar-refractivity contribution in [3.05, 3.63) is 42.0 Å². The van der Waals surface area contributed by atoms with Crippen molar-refractivity contribution in [1.29, 1.82) is 0 Å². The fraction of sp³-hybridized carbons (Fsp3) is 0.412. The topological polar surface area (TPSA) is 97.3 Å². The average molecular weight is 338 g/mol. The Bertz CT molecular complexity index is 849. The molecule has 0 unspecified atom stereocenters. The Hall–Kier alpha value is -2.58. The maximum Gasteiger partial charge on any atom is 0.159 e. The number of hydrogen-bond donors (Lipinski definition) is 2. The number of aromatic nitrogens is 5. The Morgan fingerprint density at radius 3 is 2.80 bits per heavy atom. The van der Waals surface area contributed by atoms with E-state index in [2.05, 4.69) is 36.6 Å². The van der Waals surface area contributed by atoms with E-state index in [1.807, 2.05) is 29.8 Å². The fourth-order valence-corrected chi connectivity index (χ4v) is 3.18. The Morgan fingerprint density at radius 1 is 1.20 bits per heavy atom. The molecular weight excluding hydrogens is 316 g/mol. The molecule has 0 aliphatic carbocycles. The third-order valence-corrected chi connectivity index (χ3v) is 4.61. The second kappa shape index (κ2) is 6.73. The zero-order valence-electron chi connectivity index (χ0n) is 14.3. The van der Waals surface area contributed by atoms with Crippen molar-refractivity contribution in [3.8, 4) is 0 Å². The van der Waals surface area contributed by atoms with Crippen molar-refractivity contribution in [3.63, 3.8) is 0 Å². The molecule has 0 saturated carbocycles. The van der Waals surface area contributed by atoms with Crippen molar-refractivity contribution in [2.24, 2.45) is 5.73 Å². The lowest BCUT2D eigenvalue weighted by Gasteiger charge is -2.29. The fourth-order valence-electron chi connectivity index (χ4n) is 3.18. The number of aryl methyl sites for hydroxylation is 1. The standard InChI is InChI=1S/C17H22N8/c1-12-2-3-15(23-22-12)21-17-16-13(4-9-25(16)20-11-19-17)10-24-7-5-14(18)6-8-24/h2-4,9,11,14H,5-8,10,18H2,1H3,(H,19,20,21,23). The summed E-state index contributed by atoms with van der Waals surface area (Å²) >= 11 is 0. The van der Waals surface area contributed by atoms with E-state index >= 15 is 0 Å². The summed E-state index contributed by atoms with van der Waals surface area (Å²) in [5.41, 5.74) is 9.05. The Kier molecular flexibility index (Phi) is 4.29. The third-order valence-electron chi connectivity index (χ3n) is 4.61. The molecule has 0 aromatic carbocycles. The largest absolute Gasteiger partial charge is 0.328 e. The molecule has 1 fully saturated rings. The zero-order valence-corrected chi connectivity index (χ0v) is 14.3. The first-order valence-electron chi connectivity index (χ1n) is 8.55. The van der Waals surface area contributed by atoms with E-state index in [1.165, 1.54) is 5.56 Å². The van der Waals surface area contributed by atoms with Gasteiger partial charge in [-0.05, 0) is 56.6 Å². The lowest BCUT2D eigenvalue weighted by atomic mass is 10.1. The van der Waals surface area contributed by atoms with Gasteiger partial charge in [0.05, 0.1) is 5.69 Å². The summed E-state index contributed by atoms with van der Waals surface area (Å²) in [5, 5.41) is 15.8. The van der Waals surface area contributed by atoms with Crippen LogP contribution in [0.5, 0.6) is 0 Å². The molecule has 0 radical (unpaired) electrons. The average Bonchev–Trinajstić information content (AvgIpc) is 3.03. The van der Waals surface area contributed by atoms with Crippen LogP contribution in [0.3, 0.4) is 0 Å². The minimum atomic E-state index is 0.336. The number of hydrogen-bond acceptors (Lipinski definition) is 7. The highest BCUT2D eigenvalue weighted by molar-refractivity contribution is 5.75. The van der Waals surface area contributed by atoms with Crippen LogP contribution in [-0.2, 0) is 6.54 Å². The molecule has 1 saturated heterocycles. The van der Waals surface area contributed by atoms with Crippen LogP contribution in [-0.4, -0.2) is 48.8 Å². The normalized spacial score (nSPS) is 16.4. The van der Waals surface area contributed by atoms with E-state index in [9.17, 15) is 0 Å². The molecule has 0 amide bonds. The van der Waals surface area contributed by atoms with Crippen LogP contribution in [0.25, 0.3) is 5.52 Å². The lowest BCUT2D eigenvalue weighted by Crippen LogP contribution is -2.39. The van der Waals surface area contributed by atoms with Gasteiger partial charge in [-0.25, -0.2) is 9.50 Å². The molecule has 8 nitrogen and oxygen atoms in total. The molecule has 4 rings (SSSR count). The van der Waals surface area contributed by atoms with E-state index in [1.54, 1.807) is 6.33 Å². The number of nitrogens with one attached hydrogen (secondary N) is 1. The summed E-state index contributed by atoms with van der Waals surface area (Å²) in [5.74, 6) is 1.41. The number of nitrogens with zero attached hydrogens (tertiary/aromatic N) is 6. The van der Waals surface area contributed by atoms with Crippen LogP contribution in [0, 0.1) is 6.92 Å². The summed E-state index contributed by atoms with van der Waals surface area (Å²) in [7, 11) is 0. The Balaban J connectivity index is 1.61. The van der Waals surface area contributed by atoms with Gasteiger partial charge in [0.15, 0.2) is 11.6 Å². The van der Waals surface area contributed by atoms with Gasteiger partial charge in [-0.2, -0.15) is 10.2 Å². The predicted molar refractivity (Wildman–Crippen MR) is 95.5 cm³/mol. The lowest BCUT2D eigenvalue weighted by molar-refractivity contribution is 0.206. The van der Waals surface area contributed by atoms with E-state index in [0.29, 0.717) is 11.9 Å². The minimum absolute atomic E-state index is 0.336. The van der Waals surface area contributed by atoms with Crippen molar-refractivity contribution in [2.75, 3.05) is 18.4 Å². The number of likely N-dealkylation sites (tertiary alicyclic amines) is 1. The SMILES string of the molecule is Cc1ccc(Nc2ncnn3ccc(CN4CCC(N)CC4)c23)nn1. The first kappa shape index (κ1) is 15.9. The highest BCUT2D eigenvalue weighted by atomic mass is 15.3.